The van der Waals surface area contributed by atoms with Gasteiger partial charge in [-0.1, -0.05) is 23.2 Å². The molecule has 27 heavy (non-hydrogen) atoms. The molecule has 0 atom stereocenters. The molecular weight excluding hydrogens is 394 g/mol. The zero-order valence-corrected chi connectivity index (χ0v) is 16.6. The number of carbonyl (C=O) groups is 1. The van der Waals surface area contributed by atoms with Gasteiger partial charge in [-0.2, -0.15) is 0 Å². The highest BCUT2D eigenvalue weighted by Gasteiger charge is 2.46. The van der Waals surface area contributed by atoms with Crippen LogP contribution in [0.5, 0.6) is 0 Å². The Morgan fingerprint density at radius 3 is 2.52 bits per heavy atom. The van der Waals surface area contributed by atoms with Crippen molar-refractivity contribution in [1.29, 1.82) is 0 Å². The Balaban J connectivity index is 1.83. The molecule has 3 rings (SSSR count). The number of rotatable bonds is 2. The molecule has 1 aromatic heterocycles. The predicted molar refractivity (Wildman–Crippen MR) is 101 cm³/mol. The summed E-state index contributed by atoms with van der Waals surface area (Å²) in [4.78, 5) is 17.7. The fourth-order valence-corrected chi connectivity index (χ4v) is 3.18. The van der Waals surface area contributed by atoms with Crippen molar-refractivity contribution in [2.45, 2.75) is 32.0 Å². The van der Waals surface area contributed by atoms with Gasteiger partial charge in [-0.25, -0.2) is 14.2 Å². The van der Waals surface area contributed by atoms with Crippen LogP contribution in [0.3, 0.4) is 0 Å². The number of ether oxygens (including phenoxy) is 1. The number of amides is 1. The van der Waals surface area contributed by atoms with Gasteiger partial charge in [-0.15, -0.1) is 0 Å². The Hall–Kier alpha value is -1.89. The second-order valence-corrected chi connectivity index (χ2v) is 8.36. The first-order chi connectivity index (χ1) is 12.5. The molecule has 1 aromatic carbocycles. The molecule has 1 N–H and O–H groups in total. The highest BCUT2D eigenvalue weighted by molar-refractivity contribution is 6.31. The molecule has 1 amide bonds. The second-order valence-electron chi connectivity index (χ2n) is 7.56. The Kier molecular flexibility index (Phi) is 5.10. The Morgan fingerprint density at radius 2 is 1.93 bits per heavy atom. The Bertz CT molecular complexity index is 893. The van der Waals surface area contributed by atoms with Gasteiger partial charge in [-0.05, 0) is 56.7 Å². The largest absolute Gasteiger partial charge is 0.444 e. The fourth-order valence-electron chi connectivity index (χ4n) is 2.79. The minimum absolute atomic E-state index is 0.0331. The van der Waals surface area contributed by atoms with Crippen LogP contribution in [0.25, 0.3) is 11.3 Å². The Labute approximate surface area is 166 Å². The normalized spacial score (nSPS) is 16.0. The molecule has 0 saturated carbocycles. The van der Waals surface area contributed by atoms with Gasteiger partial charge in [0.2, 0.25) is 0 Å². The molecule has 0 unspecified atom stereocenters. The summed E-state index contributed by atoms with van der Waals surface area (Å²) in [7, 11) is 0. The zero-order chi connectivity index (χ0) is 20.0. The van der Waals surface area contributed by atoms with Crippen molar-refractivity contribution >= 4 is 29.3 Å². The van der Waals surface area contributed by atoms with Crippen LogP contribution < -0.4 is 0 Å². The smallest absolute Gasteiger partial charge is 0.410 e. The van der Waals surface area contributed by atoms with Gasteiger partial charge in [0.05, 0.1) is 23.8 Å². The van der Waals surface area contributed by atoms with E-state index in [1.165, 1.54) is 23.1 Å². The van der Waals surface area contributed by atoms with Crippen molar-refractivity contribution in [3.63, 3.8) is 0 Å². The number of halogens is 3. The lowest BCUT2D eigenvalue weighted by Gasteiger charge is -2.46. The van der Waals surface area contributed by atoms with E-state index in [1.807, 2.05) is 0 Å². The number of aliphatic hydroxyl groups is 1. The summed E-state index contributed by atoms with van der Waals surface area (Å²) in [6.07, 6.45) is -0.488. The molecule has 1 aliphatic heterocycles. The minimum Gasteiger partial charge on any atom is -0.444 e. The van der Waals surface area contributed by atoms with Crippen LogP contribution >= 0.6 is 23.2 Å². The molecule has 1 fully saturated rings. The summed E-state index contributed by atoms with van der Waals surface area (Å²) in [5, 5.41) is 11.0. The highest BCUT2D eigenvalue weighted by Crippen LogP contribution is 2.36. The number of aromatic nitrogens is 1. The number of likely N-dealkylation sites (tertiary alicyclic amines) is 1. The van der Waals surface area contributed by atoms with E-state index in [2.05, 4.69) is 4.98 Å². The molecule has 1 aliphatic rings. The van der Waals surface area contributed by atoms with Crippen molar-refractivity contribution in [2.75, 3.05) is 13.1 Å². The van der Waals surface area contributed by atoms with Crippen LogP contribution in [-0.4, -0.2) is 39.8 Å². The SMILES string of the molecule is CC(C)(C)OC(=O)N1CC(O)(c2cc(Cl)nc(-c3ccc(F)c(Cl)c3)c2)C1. The second kappa shape index (κ2) is 6.93. The van der Waals surface area contributed by atoms with Gasteiger partial charge in [0.15, 0.2) is 0 Å². The van der Waals surface area contributed by atoms with E-state index >= 15 is 0 Å². The van der Waals surface area contributed by atoms with Gasteiger partial charge < -0.3 is 14.7 Å². The quantitative estimate of drug-likeness (QED) is 0.730. The van der Waals surface area contributed by atoms with E-state index in [9.17, 15) is 14.3 Å². The number of hydrogen-bond acceptors (Lipinski definition) is 4. The maximum Gasteiger partial charge on any atom is 0.410 e. The monoisotopic (exact) mass is 412 g/mol. The summed E-state index contributed by atoms with van der Waals surface area (Å²) in [5.41, 5.74) is -0.347. The van der Waals surface area contributed by atoms with Gasteiger partial charge in [-0.3, -0.25) is 0 Å². The van der Waals surface area contributed by atoms with Crippen molar-refractivity contribution in [3.05, 3.63) is 51.9 Å². The molecule has 2 aromatic rings. The lowest BCUT2D eigenvalue weighted by molar-refractivity contribution is -0.103. The molecule has 2 heterocycles. The lowest BCUT2D eigenvalue weighted by Crippen LogP contribution is -2.61. The number of pyridine rings is 1. The van der Waals surface area contributed by atoms with Gasteiger partial charge >= 0.3 is 6.09 Å². The summed E-state index contributed by atoms with van der Waals surface area (Å²) < 4.78 is 18.7. The number of benzene rings is 1. The van der Waals surface area contributed by atoms with Crippen LogP contribution in [0.15, 0.2) is 30.3 Å². The topological polar surface area (TPSA) is 62.7 Å². The summed E-state index contributed by atoms with van der Waals surface area (Å²) in [6.45, 7) is 5.48. The molecule has 0 bridgehead atoms. The first-order valence-electron chi connectivity index (χ1n) is 8.31. The molecule has 8 heteroatoms. The average molecular weight is 413 g/mol. The molecule has 5 nitrogen and oxygen atoms in total. The number of β-amino-alcohol motifs (C(OH)–C–C–N with tert-alkyl or cyclic N) is 1. The molecule has 0 radical (unpaired) electrons. The average Bonchev–Trinajstić information content (AvgIpc) is 2.52. The fraction of sp³-hybridized carbons (Fsp3) is 0.368. The van der Waals surface area contributed by atoms with Gasteiger partial charge in [0.25, 0.3) is 0 Å². The van der Waals surface area contributed by atoms with Crippen molar-refractivity contribution in [1.82, 2.24) is 9.88 Å². The first kappa shape index (κ1) is 19.9. The van der Waals surface area contributed by atoms with Crippen LogP contribution in [-0.2, 0) is 10.3 Å². The first-order valence-corrected chi connectivity index (χ1v) is 9.06. The van der Waals surface area contributed by atoms with Crippen LogP contribution in [0.4, 0.5) is 9.18 Å². The van der Waals surface area contributed by atoms with Gasteiger partial charge in [0, 0.05) is 5.56 Å². The van der Waals surface area contributed by atoms with E-state index in [4.69, 9.17) is 27.9 Å². The van der Waals surface area contributed by atoms with E-state index in [0.29, 0.717) is 16.8 Å². The minimum atomic E-state index is -1.26. The standard InChI is InChI=1S/C19H19Cl2FN2O3/c1-18(2,3)27-17(25)24-9-19(26,10-24)12-7-15(23-16(21)8-12)11-4-5-14(22)13(20)6-11/h4-8,26H,9-10H2,1-3H3. The van der Waals surface area contributed by atoms with E-state index in [1.54, 1.807) is 32.9 Å². The molecule has 144 valence electrons. The van der Waals surface area contributed by atoms with Crippen molar-refractivity contribution in [3.8, 4) is 11.3 Å². The number of carbonyl (C=O) groups excluding carboxylic acids is 1. The number of hydrogen-bond donors (Lipinski definition) is 1. The zero-order valence-electron chi connectivity index (χ0n) is 15.1. The van der Waals surface area contributed by atoms with Crippen LogP contribution in [0.2, 0.25) is 10.2 Å². The van der Waals surface area contributed by atoms with Crippen molar-refractivity contribution < 1.29 is 19.0 Å². The van der Waals surface area contributed by atoms with Crippen LogP contribution in [0, 0.1) is 5.82 Å². The third-order valence-corrected chi connectivity index (χ3v) is 4.59. The lowest BCUT2D eigenvalue weighted by atomic mass is 9.86. The van der Waals surface area contributed by atoms with Crippen molar-refractivity contribution in [2.24, 2.45) is 0 Å². The summed E-state index contributed by atoms with van der Waals surface area (Å²) in [6, 6.07) is 7.41. The van der Waals surface area contributed by atoms with Crippen LogP contribution in [0.1, 0.15) is 26.3 Å². The molecule has 0 spiro atoms. The predicted octanol–water partition coefficient (Wildman–Crippen LogP) is 4.63. The number of nitrogens with zero attached hydrogens (tertiary/aromatic N) is 2. The third kappa shape index (κ3) is 4.34. The maximum absolute atomic E-state index is 13.4. The van der Waals surface area contributed by atoms with E-state index in [0.717, 1.165) is 0 Å². The van der Waals surface area contributed by atoms with E-state index < -0.39 is 23.1 Å². The molecular formula is C19H19Cl2FN2O3. The van der Waals surface area contributed by atoms with Gasteiger partial charge in [0.1, 0.15) is 22.2 Å². The third-order valence-electron chi connectivity index (χ3n) is 4.10. The molecule has 0 aliphatic carbocycles. The van der Waals surface area contributed by atoms with E-state index in [-0.39, 0.29) is 23.3 Å². The summed E-state index contributed by atoms with van der Waals surface area (Å²) in [5.74, 6) is -0.534. The summed E-state index contributed by atoms with van der Waals surface area (Å²) >= 11 is 11.9. The highest BCUT2D eigenvalue weighted by atomic mass is 35.5. The Morgan fingerprint density at radius 1 is 1.26 bits per heavy atom. The molecule has 1 saturated heterocycles. The maximum atomic E-state index is 13.4.